The number of hydrogen-bond donors (Lipinski definition) is 5. The zero-order valence-corrected chi connectivity index (χ0v) is 70.9. The number of benzene rings is 2. The van der Waals surface area contributed by atoms with Crippen LogP contribution < -0.4 is 16.0 Å². The molecule has 1 aromatic heterocycles. The van der Waals surface area contributed by atoms with Crippen molar-refractivity contribution in [2.24, 2.45) is 47.3 Å². The molecule has 108 heavy (non-hydrogen) atoms. The van der Waals surface area contributed by atoms with E-state index in [2.05, 4.69) is 60.8 Å². The summed E-state index contributed by atoms with van der Waals surface area (Å²) in [6.07, 6.45) is 5.69. The van der Waals surface area contributed by atoms with Gasteiger partial charge in [0.1, 0.15) is 11.8 Å². The number of amidine groups is 1. The van der Waals surface area contributed by atoms with Crippen LogP contribution in [0, 0.1) is 52.8 Å². The number of aromatic nitrogens is 1. The first-order valence-electron chi connectivity index (χ1n) is 39.7. The van der Waals surface area contributed by atoms with Crippen LogP contribution >= 0.6 is 11.3 Å². The Bertz CT molecular complexity index is 3280. The molecular formula is C85H139N9O13S. The second-order valence-corrected chi connectivity index (χ2v) is 34.0. The van der Waals surface area contributed by atoms with E-state index in [9.17, 15) is 48.9 Å². The number of thiazole rings is 1. The zero-order chi connectivity index (χ0) is 81.2. The lowest BCUT2D eigenvalue weighted by molar-refractivity contribution is -0.149. The molecule has 16 atom stereocenters. The fourth-order valence-corrected chi connectivity index (χ4v) is 17.1. The first kappa shape index (κ1) is 94.0. The molecule has 0 radical (unpaired) electrons. The second-order valence-electron chi connectivity index (χ2n) is 33.0. The molecule has 1 unspecified atom stereocenters. The lowest BCUT2D eigenvalue weighted by Crippen LogP contribution is -2.55. The minimum atomic E-state index is -1.13. The van der Waals surface area contributed by atoms with Gasteiger partial charge in [0.2, 0.25) is 23.6 Å². The minimum absolute atomic E-state index is 0.00408. The third kappa shape index (κ3) is 26.7. The van der Waals surface area contributed by atoms with E-state index in [0.29, 0.717) is 38.2 Å². The molecule has 2 fully saturated rings. The van der Waals surface area contributed by atoms with Crippen molar-refractivity contribution in [3.8, 4) is 0 Å². The van der Waals surface area contributed by atoms with Gasteiger partial charge >= 0.3 is 5.97 Å². The van der Waals surface area contributed by atoms with Crippen LogP contribution in [0.15, 0.2) is 72.2 Å². The Labute approximate surface area is 652 Å². The zero-order valence-electron chi connectivity index (χ0n) is 70.1. The smallest absolute Gasteiger partial charge is 0.326 e. The van der Waals surface area contributed by atoms with Crippen molar-refractivity contribution in [3.05, 3.63) is 88.4 Å². The molecule has 3 heterocycles. The Morgan fingerprint density at radius 2 is 1.02 bits per heavy atom. The Kier molecular flexibility index (Phi) is 38.9. The van der Waals surface area contributed by atoms with Crippen LogP contribution in [-0.2, 0) is 70.1 Å². The molecule has 2 aliphatic rings. The van der Waals surface area contributed by atoms with Crippen molar-refractivity contribution in [1.82, 2.24) is 40.5 Å². The number of amides is 4. The topological polar surface area (TPSA) is 279 Å². The molecule has 0 spiro atoms. The average Bonchev–Trinajstić information content (AvgIpc) is 1.49. The van der Waals surface area contributed by atoms with E-state index in [1.165, 1.54) is 7.11 Å². The number of methoxy groups -OCH3 is 4. The highest BCUT2D eigenvalue weighted by Crippen LogP contribution is 2.36. The maximum absolute atomic E-state index is 14.3. The van der Waals surface area contributed by atoms with Crippen LogP contribution in [-0.4, -0.2) is 216 Å². The number of hydrogen-bond acceptors (Lipinski definition) is 17. The molecule has 2 aromatic carbocycles. The number of ether oxygens (including phenoxy) is 4. The van der Waals surface area contributed by atoms with Gasteiger partial charge in [-0.15, -0.1) is 11.3 Å². The van der Waals surface area contributed by atoms with E-state index in [-0.39, 0.29) is 133 Å². The lowest BCUT2D eigenvalue weighted by atomic mass is 9.82. The first-order valence-corrected chi connectivity index (χ1v) is 40.6. The summed E-state index contributed by atoms with van der Waals surface area (Å²) in [5.74, 6) is -3.43. The number of Topliss-reactive ketones (excluding diaryl/α,β-unsaturated/α-hetero) is 3. The second kappa shape index (κ2) is 44.6. The van der Waals surface area contributed by atoms with Gasteiger partial charge in [0.15, 0.2) is 11.6 Å². The maximum Gasteiger partial charge on any atom is 0.326 e. The Morgan fingerprint density at radius 1 is 0.593 bits per heavy atom. The number of rotatable bonds is 45. The predicted molar refractivity (Wildman–Crippen MR) is 430 cm³/mol. The third-order valence-corrected chi connectivity index (χ3v) is 23.8. The Morgan fingerprint density at radius 3 is 1.41 bits per heavy atom. The van der Waals surface area contributed by atoms with E-state index in [1.54, 1.807) is 62.6 Å². The maximum atomic E-state index is 14.3. The third-order valence-electron chi connectivity index (χ3n) is 22.9. The van der Waals surface area contributed by atoms with Crippen LogP contribution in [0.1, 0.15) is 217 Å². The van der Waals surface area contributed by atoms with E-state index in [0.717, 1.165) is 48.2 Å². The molecule has 0 bridgehead atoms. The van der Waals surface area contributed by atoms with Crippen molar-refractivity contribution in [3.63, 3.8) is 0 Å². The summed E-state index contributed by atoms with van der Waals surface area (Å²) in [5, 5.41) is 31.6. The number of ketones is 3. The number of carboxylic acids is 1. The summed E-state index contributed by atoms with van der Waals surface area (Å²) >= 11 is 1.57. The number of carbonyl (C=O) groups excluding carboxylic acids is 7. The largest absolute Gasteiger partial charge is 0.480 e. The van der Waals surface area contributed by atoms with Gasteiger partial charge in [0.25, 0.3) is 0 Å². The van der Waals surface area contributed by atoms with Crippen molar-refractivity contribution in [1.29, 1.82) is 5.41 Å². The predicted octanol–water partition coefficient (Wildman–Crippen LogP) is 12.5. The number of likely N-dealkylation sites (N-methyl/N-ethyl adjacent to an activating group) is 2. The molecule has 5 N–H and O–H groups in total. The van der Waals surface area contributed by atoms with Gasteiger partial charge in [-0.05, 0) is 122 Å². The summed E-state index contributed by atoms with van der Waals surface area (Å²) in [6.45, 7) is 36.6. The van der Waals surface area contributed by atoms with E-state index in [1.807, 2.05) is 161 Å². The van der Waals surface area contributed by atoms with Gasteiger partial charge in [-0.1, -0.05) is 143 Å². The van der Waals surface area contributed by atoms with Crippen LogP contribution in [0.2, 0.25) is 0 Å². The van der Waals surface area contributed by atoms with E-state index in [4.69, 9.17) is 18.9 Å². The number of nitrogens with zero attached hydrogens (tertiary/aromatic N) is 5. The van der Waals surface area contributed by atoms with Gasteiger partial charge in [-0.2, -0.15) is 0 Å². The van der Waals surface area contributed by atoms with E-state index >= 15 is 0 Å². The molecule has 2 aliphatic heterocycles. The normalized spacial score (nSPS) is 18.9. The van der Waals surface area contributed by atoms with Gasteiger partial charge in [-0.25, -0.2) is 9.78 Å². The van der Waals surface area contributed by atoms with Gasteiger partial charge in [0, 0.05) is 129 Å². The van der Waals surface area contributed by atoms with E-state index < -0.39 is 77.2 Å². The SMILES string of the molecule is CC[C@H](C)[C@@H]([C@@H](CC(=O)N1CCC[C@H]1[C@H](OC)[C@@H](C)C(=O)C[C@@H](Cc1ccccc1)c1nccs1)OC)N(C)C(=O)C(CC(=O)C(C)(C)NC(C)C)C(C)C.CC[C@H](C)[C@@H]([C@@H](CC(=O)N1CCC[C@H]1[C@H](OC)[C@@H](C)C(=O)N[C@@H](Cc1ccccc1)C(=O)O)OC)N(C)C(=N)[C@@H](CC(=O)C(C)(C)NC(C)C)C(C)C. The standard InChI is InChI=1S/C44H70N4O6S.C41H69N5O7/c1-13-30(6)40(47(10)43(52)34(28(2)3)26-38(50)44(8,9)46-29(4)5)37(53-11)27-39(51)48-22-17-20-35(48)41(54-12)31(7)36(49)25-33(42-45-21-23-55-42)24-32-18-15-14-16-19-32;1-13-27(6)36(45(10)38(42)30(25(2)3)23-34(47)41(8,9)44-26(4)5)33(52-11)24-35(48)46-21-17-20-32(46)37(53-12)28(7)39(49)43-31(40(50)51)22-29-18-15-14-16-19-29/h14-16,18-19,21,23,28-31,33-35,37,40-41,46H,13,17,20,22,24-27H2,1-12H3;14-16,18-19,25-28,30-33,36-37,42,44H,13,17,20-24H2,1-12H3,(H,43,49)(H,50,51)/t30-,31-,33+,34?,35-,37+,40-,41+;27-,28+,30-,31-,32-,33+,36-,37+/m00/s1. The van der Waals surface area contributed by atoms with Crippen molar-refractivity contribution < 1.29 is 62.4 Å². The summed E-state index contributed by atoms with van der Waals surface area (Å²) < 4.78 is 24.1. The number of carbonyl (C=O) groups is 8. The molecule has 22 nitrogen and oxygen atoms in total. The number of carboxylic acid groups (broad SMARTS) is 1. The summed E-state index contributed by atoms with van der Waals surface area (Å²) in [6, 6.07) is 17.1. The molecule has 3 aromatic rings. The lowest BCUT2D eigenvalue weighted by Gasteiger charge is -2.42. The fourth-order valence-electron chi connectivity index (χ4n) is 16.3. The molecule has 2 saturated heterocycles. The van der Waals surface area contributed by atoms with Crippen LogP contribution in [0.4, 0.5) is 0 Å². The highest BCUT2D eigenvalue weighted by molar-refractivity contribution is 7.09. The number of aliphatic carboxylic acids is 1. The quantitative estimate of drug-likeness (QED) is 0.0260. The molecule has 0 aliphatic carbocycles. The first-order chi connectivity index (χ1) is 50.8. The van der Waals surface area contributed by atoms with Gasteiger partial charge in [0.05, 0.1) is 89.3 Å². The average molecular weight is 1530 g/mol. The Hall–Kier alpha value is -6.34. The molecular weight excluding hydrogens is 1390 g/mol. The summed E-state index contributed by atoms with van der Waals surface area (Å²) in [7, 11) is 10.00. The molecule has 23 heteroatoms. The van der Waals surface area contributed by atoms with Gasteiger partial charge in [-0.3, -0.25) is 39.0 Å². The molecule has 5 rings (SSSR count). The van der Waals surface area contributed by atoms with Crippen LogP contribution in [0.5, 0.6) is 0 Å². The van der Waals surface area contributed by atoms with Crippen molar-refractivity contribution in [2.45, 2.75) is 292 Å². The van der Waals surface area contributed by atoms with Crippen LogP contribution in [0.3, 0.4) is 0 Å². The minimum Gasteiger partial charge on any atom is -0.480 e. The van der Waals surface area contributed by atoms with Crippen molar-refractivity contribution in [2.75, 3.05) is 55.6 Å². The van der Waals surface area contributed by atoms with Gasteiger partial charge < -0.3 is 59.6 Å². The number of nitrogens with one attached hydrogen (secondary N) is 4. The summed E-state index contributed by atoms with van der Waals surface area (Å²) in [5.41, 5.74) is 0.453. The monoisotopic (exact) mass is 1530 g/mol. The Balaban J connectivity index is 0.000000457. The van der Waals surface area contributed by atoms with Crippen molar-refractivity contribution >= 4 is 64.1 Å². The molecule has 4 amide bonds. The molecule has 608 valence electrons. The highest BCUT2D eigenvalue weighted by atomic mass is 32.1. The van der Waals surface area contributed by atoms with Crippen LogP contribution in [0.25, 0.3) is 0 Å². The fraction of sp³-hybridized carbons (Fsp3) is 0.718. The molecule has 0 saturated carbocycles. The highest BCUT2D eigenvalue weighted by Gasteiger charge is 2.47. The number of likely N-dealkylation sites (tertiary alicyclic amines) is 2. The summed E-state index contributed by atoms with van der Waals surface area (Å²) in [4.78, 5) is 121.